The lowest BCUT2D eigenvalue weighted by atomic mass is 10.1. The van der Waals surface area contributed by atoms with Crippen LogP contribution >= 0.6 is 27.7 Å². The van der Waals surface area contributed by atoms with Crippen LogP contribution < -0.4 is 11.1 Å². The SMILES string of the molecule is CSCC[C@@H](N)C(=O)Nc1c(C)cc(C)cc1Br. The molecular weight excluding hydrogens is 312 g/mol. The van der Waals surface area contributed by atoms with Gasteiger partial charge in [-0.1, -0.05) is 6.07 Å². The number of hydrogen-bond donors (Lipinski definition) is 2. The molecule has 0 heterocycles. The Labute approximate surface area is 121 Å². The minimum absolute atomic E-state index is 0.128. The van der Waals surface area contributed by atoms with E-state index in [1.54, 1.807) is 11.8 Å². The summed E-state index contributed by atoms with van der Waals surface area (Å²) in [5, 5.41) is 2.89. The van der Waals surface area contributed by atoms with Gasteiger partial charge in [0.25, 0.3) is 0 Å². The highest BCUT2D eigenvalue weighted by atomic mass is 79.9. The van der Waals surface area contributed by atoms with Gasteiger partial charge in [0.1, 0.15) is 0 Å². The van der Waals surface area contributed by atoms with Gasteiger partial charge in [0.15, 0.2) is 0 Å². The fraction of sp³-hybridized carbons (Fsp3) is 0.462. The molecule has 0 aliphatic heterocycles. The molecule has 0 saturated carbocycles. The van der Waals surface area contributed by atoms with Crippen molar-refractivity contribution in [1.82, 2.24) is 0 Å². The van der Waals surface area contributed by atoms with Crippen LogP contribution in [0.3, 0.4) is 0 Å². The molecule has 0 unspecified atom stereocenters. The highest BCUT2D eigenvalue weighted by molar-refractivity contribution is 9.10. The van der Waals surface area contributed by atoms with Crippen molar-refractivity contribution in [2.75, 3.05) is 17.3 Å². The molecule has 0 aliphatic carbocycles. The van der Waals surface area contributed by atoms with Gasteiger partial charge in [0.05, 0.1) is 11.7 Å². The first-order valence-electron chi connectivity index (χ1n) is 5.77. The largest absolute Gasteiger partial charge is 0.323 e. The van der Waals surface area contributed by atoms with Crippen molar-refractivity contribution >= 4 is 39.3 Å². The van der Waals surface area contributed by atoms with Crippen LogP contribution in [0.5, 0.6) is 0 Å². The summed E-state index contributed by atoms with van der Waals surface area (Å²) in [7, 11) is 0. The summed E-state index contributed by atoms with van der Waals surface area (Å²) in [6.07, 6.45) is 2.70. The second-order valence-corrected chi connectivity index (χ2v) is 6.16. The Balaban J connectivity index is 2.76. The van der Waals surface area contributed by atoms with E-state index < -0.39 is 6.04 Å². The molecule has 0 spiro atoms. The molecule has 18 heavy (non-hydrogen) atoms. The van der Waals surface area contributed by atoms with Gasteiger partial charge in [0.2, 0.25) is 5.91 Å². The predicted octanol–water partition coefficient (Wildman–Crippen LogP) is 3.08. The van der Waals surface area contributed by atoms with E-state index in [-0.39, 0.29) is 5.91 Å². The second kappa shape index (κ2) is 7.16. The average molecular weight is 331 g/mol. The van der Waals surface area contributed by atoms with E-state index in [9.17, 15) is 4.79 Å². The highest BCUT2D eigenvalue weighted by Gasteiger charge is 2.15. The number of halogens is 1. The molecular formula is C13H19BrN2OS. The zero-order chi connectivity index (χ0) is 13.7. The summed E-state index contributed by atoms with van der Waals surface area (Å²) >= 11 is 5.16. The summed E-state index contributed by atoms with van der Waals surface area (Å²) in [6, 6.07) is 3.56. The van der Waals surface area contributed by atoms with E-state index in [1.807, 2.05) is 32.2 Å². The van der Waals surface area contributed by atoms with E-state index in [0.29, 0.717) is 6.42 Å². The normalized spacial score (nSPS) is 12.3. The summed E-state index contributed by atoms with van der Waals surface area (Å²) in [4.78, 5) is 11.9. The number of aryl methyl sites for hydroxylation is 2. The van der Waals surface area contributed by atoms with Crippen LogP contribution in [0.4, 0.5) is 5.69 Å². The van der Waals surface area contributed by atoms with E-state index in [0.717, 1.165) is 27.0 Å². The van der Waals surface area contributed by atoms with E-state index in [2.05, 4.69) is 21.2 Å². The number of rotatable bonds is 5. The quantitative estimate of drug-likeness (QED) is 0.872. The van der Waals surface area contributed by atoms with E-state index in [4.69, 9.17) is 5.73 Å². The molecule has 5 heteroatoms. The van der Waals surface area contributed by atoms with Gasteiger partial charge in [-0.25, -0.2) is 0 Å². The second-order valence-electron chi connectivity index (χ2n) is 4.32. The Morgan fingerprint density at radius 3 is 2.72 bits per heavy atom. The summed E-state index contributed by atoms with van der Waals surface area (Å²) in [6.45, 7) is 3.99. The molecule has 0 fully saturated rings. The average Bonchev–Trinajstić information content (AvgIpc) is 2.30. The molecule has 1 atom stereocenters. The third-order valence-electron chi connectivity index (χ3n) is 2.65. The van der Waals surface area contributed by atoms with Crippen molar-refractivity contribution in [2.24, 2.45) is 5.73 Å². The Bertz CT molecular complexity index is 414. The molecule has 0 bridgehead atoms. The standard InChI is InChI=1S/C13H19BrN2OS/c1-8-6-9(2)12(10(14)7-8)16-13(17)11(15)4-5-18-3/h6-7,11H,4-5,15H2,1-3H3,(H,16,17)/t11-/m1/s1. The van der Waals surface area contributed by atoms with Crippen LogP contribution in [0.15, 0.2) is 16.6 Å². The molecule has 0 radical (unpaired) electrons. The molecule has 3 nitrogen and oxygen atoms in total. The van der Waals surface area contributed by atoms with Crippen molar-refractivity contribution in [3.63, 3.8) is 0 Å². The van der Waals surface area contributed by atoms with Gasteiger partial charge < -0.3 is 11.1 Å². The molecule has 3 N–H and O–H groups in total. The van der Waals surface area contributed by atoms with Crippen LogP contribution in [0.25, 0.3) is 0 Å². The number of carbonyl (C=O) groups is 1. The molecule has 0 aromatic heterocycles. The smallest absolute Gasteiger partial charge is 0.241 e. The van der Waals surface area contributed by atoms with Gasteiger partial charge in [-0.3, -0.25) is 4.79 Å². The number of anilines is 1. The zero-order valence-electron chi connectivity index (χ0n) is 10.9. The van der Waals surface area contributed by atoms with Gasteiger partial charge in [0, 0.05) is 4.47 Å². The van der Waals surface area contributed by atoms with Crippen molar-refractivity contribution in [1.29, 1.82) is 0 Å². The highest BCUT2D eigenvalue weighted by Crippen LogP contribution is 2.27. The van der Waals surface area contributed by atoms with E-state index in [1.165, 1.54) is 0 Å². The minimum Gasteiger partial charge on any atom is -0.323 e. The predicted molar refractivity (Wildman–Crippen MR) is 83.2 cm³/mol. The number of nitrogens with one attached hydrogen (secondary N) is 1. The van der Waals surface area contributed by atoms with Crippen molar-refractivity contribution in [3.05, 3.63) is 27.7 Å². The van der Waals surface area contributed by atoms with Crippen LogP contribution in [-0.2, 0) is 4.79 Å². The number of benzene rings is 1. The van der Waals surface area contributed by atoms with Crippen molar-refractivity contribution in [2.45, 2.75) is 26.3 Å². The minimum atomic E-state index is -0.454. The first-order chi connectivity index (χ1) is 8.45. The Morgan fingerprint density at radius 2 is 2.17 bits per heavy atom. The summed E-state index contributed by atoms with van der Waals surface area (Å²) < 4.78 is 0.894. The van der Waals surface area contributed by atoms with Gasteiger partial charge in [-0.2, -0.15) is 11.8 Å². The van der Waals surface area contributed by atoms with Crippen LogP contribution in [0.1, 0.15) is 17.5 Å². The van der Waals surface area contributed by atoms with Gasteiger partial charge in [-0.05, 0) is 65.4 Å². The molecule has 0 saturated heterocycles. The fourth-order valence-corrected chi connectivity index (χ4v) is 2.93. The number of hydrogen-bond acceptors (Lipinski definition) is 3. The van der Waals surface area contributed by atoms with Crippen LogP contribution in [0, 0.1) is 13.8 Å². The van der Waals surface area contributed by atoms with Gasteiger partial charge >= 0.3 is 0 Å². The maximum atomic E-state index is 11.9. The Hall–Kier alpha value is -0.520. The lowest BCUT2D eigenvalue weighted by Crippen LogP contribution is -2.36. The molecule has 1 aromatic rings. The van der Waals surface area contributed by atoms with Crippen molar-refractivity contribution in [3.8, 4) is 0 Å². The monoisotopic (exact) mass is 330 g/mol. The van der Waals surface area contributed by atoms with E-state index >= 15 is 0 Å². The Kier molecular flexibility index (Phi) is 6.18. The maximum absolute atomic E-state index is 11.9. The zero-order valence-corrected chi connectivity index (χ0v) is 13.3. The number of carbonyl (C=O) groups excluding carboxylic acids is 1. The number of nitrogens with two attached hydrogens (primary N) is 1. The molecule has 0 aliphatic rings. The molecule has 1 rings (SSSR count). The third-order valence-corrected chi connectivity index (χ3v) is 3.92. The van der Waals surface area contributed by atoms with Crippen molar-refractivity contribution < 1.29 is 4.79 Å². The van der Waals surface area contributed by atoms with Crippen LogP contribution in [0.2, 0.25) is 0 Å². The first-order valence-corrected chi connectivity index (χ1v) is 7.96. The molecule has 1 aromatic carbocycles. The maximum Gasteiger partial charge on any atom is 0.241 e. The van der Waals surface area contributed by atoms with Gasteiger partial charge in [-0.15, -0.1) is 0 Å². The number of thioether (sulfide) groups is 1. The lowest BCUT2D eigenvalue weighted by molar-refractivity contribution is -0.117. The molecule has 100 valence electrons. The number of amides is 1. The fourth-order valence-electron chi connectivity index (χ4n) is 1.67. The van der Waals surface area contributed by atoms with Crippen LogP contribution in [-0.4, -0.2) is 24.0 Å². The summed E-state index contributed by atoms with van der Waals surface area (Å²) in [5.74, 6) is 0.763. The Morgan fingerprint density at radius 1 is 1.50 bits per heavy atom. The third kappa shape index (κ3) is 4.30. The topological polar surface area (TPSA) is 55.1 Å². The molecule has 1 amide bonds. The summed E-state index contributed by atoms with van der Waals surface area (Å²) in [5.41, 5.74) is 8.84. The lowest BCUT2D eigenvalue weighted by Gasteiger charge is -2.15. The first kappa shape index (κ1) is 15.5.